The number of esters is 8. The number of allylic oxidation sites excluding steroid dienone is 1. The molecule has 7 saturated carbocycles. The van der Waals surface area contributed by atoms with Crippen LogP contribution in [0.2, 0.25) is 0 Å². The smallest absolute Gasteiger partial charge is 0.348 e. The topological polar surface area (TPSA) is 229 Å². The molecule has 0 aromatic heterocycles. The lowest BCUT2D eigenvalue weighted by atomic mass is 9.64. The molecule has 92 heavy (non-hydrogen) atoms. The summed E-state index contributed by atoms with van der Waals surface area (Å²) in [6.07, 6.45) is 15.3. The van der Waals surface area contributed by atoms with Crippen molar-refractivity contribution in [2.24, 2.45) is 105 Å². The van der Waals surface area contributed by atoms with Gasteiger partial charge in [0.2, 0.25) is 12.2 Å². The average molecular weight is 1310 g/mol. The number of cyclic esters (lactones) is 2. The Morgan fingerprint density at radius 3 is 1.37 bits per heavy atom. The molecule has 6 bridgehead atoms. The van der Waals surface area contributed by atoms with Crippen molar-refractivity contribution in [1.82, 2.24) is 0 Å². The molecule has 0 amide bonds. The summed E-state index contributed by atoms with van der Waals surface area (Å²) in [6, 6.07) is 0. The van der Waals surface area contributed by atoms with Gasteiger partial charge in [-0.1, -0.05) is 93.2 Å². The molecule has 13 aliphatic rings. The summed E-state index contributed by atoms with van der Waals surface area (Å²) in [5.74, 6) is 6.47. The van der Waals surface area contributed by atoms with Gasteiger partial charge >= 0.3 is 47.8 Å². The number of rotatable bonds is 10. The molecule has 13 rings (SSSR count). The van der Waals surface area contributed by atoms with Gasteiger partial charge in [0, 0.05) is 17.8 Å². The summed E-state index contributed by atoms with van der Waals surface area (Å²) < 4.78 is 52.6. The summed E-state index contributed by atoms with van der Waals surface area (Å²) >= 11 is 0. The second-order valence-corrected chi connectivity index (χ2v) is 29.3. The first-order chi connectivity index (χ1) is 39.4. The van der Waals surface area contributed by atoms with Crippen LogP contribution in [0.5, 0.6) is 0 Å². The van der Waals surface area contributed by atoms with Gasteiger partial charge in [-0.05, 0) is 206 Å². The largest absolute Gasteiger partial charge is 0.469 e. The Balaban J connectivity index is 0.00000109. The maximum Gasteiger partial charge on any atom is 0.348 e. The SMILES string of the molecule is C.C.C.C.C.C.C.C.CCC(C)(C)C(=O)OC.CCC(C)(C)C(=O)OC.CCC(C)(C)C(=O)OC1C(=O)OC2C1CC1OC(C)(C)OC12.CCC(C)(C)C(=O)OC1C(=O)OC2C=CCC21.O=C1OCC2C3CC(C12)C1C2CCC(C2)C31.O=C1OCC2C3CCC(C3)C12. The first-order valence-corrected chi connectivity index (χ1v) is 31.7. The summed E-state index contributed by atoms with van der Waals surface area (Å²) in [6.45, 7) is 27.7. The average Bonchev–Trinajstić information content (AvgIpc) is 1.54. The summed E-state index contributed by atoms with van der Waals surface area (Å²) in [5.41, 5.74) is -1.78. The standard InChI is InChI=1S/C16H24O6.C14H18O2.C13H18O4.C9H12O2.2C7H14O2.8CH4/c1-6-15(2,3)14(18)20-11-8-7-9-12(10(8)19-13(11)17)22-16(4,5)21-9;15-14-13-9-4-8(10(13)5-16-14)11-6-1-2-7(3-6)12(9)11;1-4-13(2,3)12(15)17-10-8-6-5-7-9(8)16-11(10)14;10-9-8-6-2-1-5(3-6)7(8)4-11-9;2*1-5-7(2,3)6(8)9-4;;;;;;;;/h8-12H,6-7H2,1-5H3;6-13H,1-5H2;5,7-10H,4,6H2,1-3H3;5-8H,1-4H2;2*5H2,1-4H3;8*1H4. The molecule has 0 spiro atoms. The first kappa shape index (κ1) is 87.4. The Morgan fingerprint density at radius 1 is 0.467 bits per heavy atom. The first-order valence-electron chi connectivity index (χ1n) is 31.7. The molecule has 18 heteroatoms. The molecule has 12 fully saturated rings. The lowest BCUT2D eigenvalue weighted by Gasteiger charge is -2.38. The van der Waals surface area contributed by atoms with Gasteiger partial charge in [0.25, 0.3) is 0 Å². The van der Waals surface area contributed by atoms with E-state index in [1.807, 2.05) is 109 Å². The summed E-state index contributed by atoms with van der Waals surface area (Å²) in [4.78, 5) is 92.6. The van der Waals surface area contributed by atoms with Crippen LogP contribution in [-0.4, -0.2) is 118 Å². The van der Waals surface area contributed by atoms with E-state index >= 15 is 0 Å². The van der Waals surface area contributed by atoms with E-state index in [1.165, 1.54) is 59.2 Å². The molecule has 536 valence electrons. The molecule has 20 unspecified atom stereocenters. The lowest BCUT2D eigenvalue weighted by Crippen LogP contribution is -2.38. The van der Waals surface area contributed by atoms with Gasteiger partial charge in [-0.15, -0.1) is 0 Å². The Kier molecular flexibility index (Phi) is 32.2. The van der Waals surface area contributed by atoms with E-state index in [4.69, 9.17) is 37.9 Å². The Labute approximate surface area is 557 Å². The van der Waals surface area contributed by atoms with Gasteiger partial charge in [-0.2, -0.15) is 0 Å². The van der Waals surface area contributed by atoms with Crippen molar-refractivity contribution in [3.63, 3.8) is 0 Å². The molecule has 18 nitrogen and oxygen atoms in total. The molecule has 5 saturated heterocycles. The summed E-state index contributed by atoms with van der Waals surface area (Å²) in [5, 5.41) is 0. The molecule has 0 radical (unpaired) electrons. The van der Waals surface area contributed by atoms with E-state index in [9.17, 15) is 38.4 Å². The van der Waals surface area contributed by atoms with Crippen LogP contribution in [0.3, 0.4) is 0 Å². The second kappa shape index (κ2) is 33.9. The van der Waals surface area contributed by atoms with Crippen molar-refractivity contribution >= 4 is 47.8 Å². The zero-order valence-electron chi connectivity index (χ0n) is 53.2. The molecule has 5 heterocycles. The van der Waals surface area contributed by atoms with Crippen molar-refractivity contribution < 1.29 is 85.7 Å². The van der Waals surface area contributed by atoms with Gasteiger partial charge in [0.05, 0.1) is 73.0 Å². The number of fused-ring (bicyclic) bond motifs is 21. The third kappa shape index (κ3) is 17.3. The minimum atomic E-state index is -0.843. The van der Waals surface area contributed by atoms with Crippen molar-refractivity contribution in [3.05, 3.63) is 12.2 Å². The van der Waals surface area contributed by atoms with Crippen molar-refractivity contribution in [1.29, 1.82) is 0 Å². The fraction of sp³-hybridized carbons (Fsp3) is 0.865. The zero-order valence-corrected chi connectivity index (χ0v) is 53.2. The van der Waals surface area contributed by atoms with Gasteiger partial charge in [-0.3, -0.25) is 28.8 Å². The van der Waals surface area contributed by atoms with E-state index in [0.29, 0.717) is 48.9 Å². The van der Waals surface area contributed by atoms with Crippen LogP contribution >= 0.6 is 0 Å². The Hall–Kier alpha value is -4.58. The van der Waals surface area contributed by atoms with Crippen LogP contribution in [0.4, 0.5) is 0 Å². The van der Waals surface area contributed by atoms with Crippen LogP contribution in [0.15, 0.2) is 12.2 Å². The maximum absolute atomic E-state index is 12.2. The predicted octanol–water partition coefficient (Wildman–Crippen LogP) is 15.2. The lowest BCUT2D eigenvalue weighted by molar-refractivity contribution is -0.170. The monoisotopic (exact) mass is 1310 g/mol. The predicted molar refractivity (Wildman–Crippen MR) is 359 cm³/mol. The molecular weight excluding hydrogens is 1180 g/mol. The molecule has 0 aromatic rings. The van der Waals surface area contributed by atoms with Gasteiger partial charge in [0.1, 0.15) is 18.3 Å². The fourth-order valence-electron chi connectivity index (χ4n) is 16.0. The van der Waals surface area contributed by atoms with E-state index < -0.39 is 40.8 Å². The normalized spacial score (nSPS) is 35.0. The quantitative estimate of drug-likeness (QED) is 0.0857. The highest BCUT2D eigenvalue weighted by Gasteiger charge is 2.69. The highest BCUT2D eigenvalue weighted by Crippen LogP contribution is 2.71. The number of carbonyl (C=O) groups is 8. The van der Waals surface area contributed by atoms with Gasteiger partial charge in [0.15, 0.2) is 5.79 Å². The van der Waals surface area contributed by atoms with E-state index in [2.05, 4.69) is 9.47 Å². The molecule has 20 atom stereocenters. The van der Waals surface area contributed by atoms with Crippen LogP contribution in [0, 0.1) is 105 Å². The van der Waals surface area contributed by atoms with E-state index in [-0.39, 0.29) is 142 Å². The van der Waals surface area contributed by atoms with Gasteiger partial charge < -0.3 is 47.4 Å². The molecule has 0 aromatic carbocycles. The third-order valence-corrected chi connectivity index (χ3v) is 22.5. The van der Waals surface area contributed by atoms with Crippen LogP contribution < -0.4 is 0 Å². The molecule has 8 aliphatic carbocycles. The van der Waals surface area contributed by atoms with Gasteiger partial charge in [-0.25, -0.2) is 9.59 Å². The van der Waals surface area contributed by atoms with Crippen LogP contribution in [-0.2, 0) is 85.7 Å². The molecule has 0 N–H and O–H groups in total. The van der Waals surface area contributed by atoms with Crippen LogP contribution in [0.25, 0.3) is 0 Å². The number of carbonyl (C=O) groups excluding carboxylic acids is 8. The van der Waals surface area contributed by atoms with Crippen molar-refractivity contribution in [2.75, 3.05) is 27.4 Å². The highest BCUT2D eigenvalue weighted by molar-refractivity contribution is 5.85. The van der Waals surface area contributed by atoms with E-state index in [0.717, 1.165) is 73.9 Å². The molecule has 5 aliphatic heterocycles. The minimum absolute atomic E-state index is 0. The zero-order chi connectivity index (χ0) is 61.8. The number of ether oxygens (including phenoxy) is 10. The number of hydrogen-bond donors (Lipinski definition) is 0. The third-order valence-electron chi connectivity index (χ3n) is 22.5. The summed E-state index contributed by atoms with van der Waals surface area (Å²) in [7, 11) is 2.83. The maximum atomic E-state index is 12.2. The number of hydrogen-bond acceptors (Lipinski definition) is 18. The number of methoxy groups -OCH3 is 2. The Bertz CT molecular complexity index is 2470. The fourth-order valence-corrected chi connectivity index (χ4v) is 16.0. The minimum Gasteiger partial charge on any atom is -0.469 e. The molecular formula is C74H132O18. The van der Waals surface area contributed by atoms with Crippen molar-refractivity contribution in [3.8, 4) is 0 Å². The Morgan fingerprint density at radius 2 is 0.891 bits per heavy atom. The van der Waals surface area contributed by atoms with Crippen LogP contribution in [0.1, 0.15) is 240 Å². The second-order valence-electron chi connectivity index (χ2n) is 29.3. The highest BCUT2D eigenvalue weighted by atomic mass is 16.8. The van der Waals surface area contributed by atoms with E-state index in [1.54, 1.807) is 0 Å². The van der Waals surface area contributed by atoms with Crippen molar-refractivity contribution in [2.45, 2.75) is 282 Å².